The molecule has 3 rings (SSSR count). The van der Waals surface area contributed by atoms with E-state index in [-0.39, 0.29) is 17.9 Å². The summed E-state index contributed by atoms with van der Waals surface area (Å²) in [6, 6.07) is 3.60. The van der Waals surface area contributed by atoms with E-state index in [1.54, 1.807) is 36.0 Å². The maximum atomic E-state index is 12.2. The van der Waals surface area contributed by atoms with Gasteiger partial charge in [0.15, 0.2) is 5.82 Å². The third-order valence-electron chi connectivity index (χ3n) is 3.85. The number of fused-ring (bicyclic) bond motifs is 1. The lowest BCUT2D eigenvalue weighted by molar-refractivity contribution is 0.0644. The van der Waals surface area contributed by atoms with Gasteiger partial charge in [0.1, 0.15) is 5.69 Å². The van der Waals surface area contributed by atoms with Gasteiger partial charge in [0.25, 0.3) is 11.8 Å². The first-order valence-corrected chi connectivity index (χ1v) is 6.75. The van der Waals surface area contributed by atoms with Crippen molar-refractivity contribution in [3.8, 4) is 0 Å². The zero-order valence-electron chi connectivity index (χ0n) is 12.0. The smallest absolute Gasteiger partial charge is 0.287 e. The van der Waals surface area contributed by atoms with E-state index < -0.39 is 0 Å². The van der Waals surface area contributed by atoms with Crippen LogP contribution in [0.3, 0.4) is 0 Å². The predicted molar refractivity (Wildman–Crippen MR) is 75.9 cm³/mol. The largest absolute Gasteiger partial charge is 0.347 e. The number of rotatable bonds is 3. The van der Waals surface area contributed by atoms with E-state index in [0.717, 1.165) is 0 Å². The molecular formula is C14H17N5O2. The second-order valence-corrected chi connectivity index (χ2v) is 5.19. The van der Waals surface area contributed by atoms with Crippen LogP contribution in [0.4, 0.5) is 0 Å². The summed E-state index contributed by atoms with van der Waals surface area (Å²) in [5, 5.41) is 2.84. The van der Waals surface area contributed by atoms with Crippen molar-refractivity contribution in [3.05, 3.63) is 42.2 Å². The molecule has 0 aromatic carbocycles. The van der Waals surface area contributed by atoms with Gasteiger partial charge in [0.05, 0.1) is 6.04 Å². The second kappa shape index (κ2) is 5.08. The molecule has 0 saturated heterocycles. The fourth-order valence-corrected chi connectivity index (χ4v) is 2.54. The normalized spacial score (nSPS) is 17.7. The average Bonchev–Trinajstić information content (AvgIpc) is 3.09. The van der Waals surface area contributed by atoms with Crippen LogP contribution >= 0.6 is 0 Å². The van der Waals surface area contributed by atoms with Crippen LogP contribution in [0.2, 0.25) is 0 Å². The van der Waals surface area contributed by atoms with Gasteiger partial charge in [0.2, 0.25) is 0 Å². The Bertz CT molecular complexity index is 687. The molecule has 110 valence electrons. The number of nitrogens with zero attached hydrogens (tertiary/aromatic N) is 4. The average molecular weight is 287 g/mol. The monoisotopic (exact) mass is 287 g/mol. The van der Waals surface area contributed by atoms with E-state index in [4.69, 9.17) is 0 Å². The van der Waals surface area contributed by atoms with Crippen LogP contribution in [0.25, 0.3) is 0 Å². The van der Waals surface area contributed by atoms with Crippen molar-refractivity contribution in [2.24, 2.45) is 7.05 Å². The number of likely N-dealkylation sites (N-methyl/N-ethyl adjacent to an activating group) is 1. The summed E-state index contributed by atoms with van der Waals surface area (Å²) < 4.78 is 3.58. The number of carbonyl (C=O) groups is 2. The van der Waals surface area contributed by atoms with Crippen LogP contribution in [0.1, 0.15) is 21.1 Å². The topological polar surface area (TPSA) is 72.2 Å². The molecule has 1 aliphatic heterocycles. The Morgan fingerprint density at radius 2 is 2.24 bits per heavy atom. The number of amides is 2. The van der Waals surface area contributed by atoms with Gasteiger partial charge in [-0.1, -0.05) is 0 Å². The summed E-state index contributed by atoms with van der Waals surface area (Å²) in [5.74, 6) is 0.102. The van der Waals surface area contributed by atoms with Crippen molar-refractivity contribution < 1.29 is 9.59 Å². The molecule has 7 heteroatoms. The predicted octanol–water partition coefficient (Wildman–Crippen LogP) is 0.106. The van der Waals surface area contributed by atoms with Crippen molar-refractivity contribution in [1.82, 2.24) is 24.3 Å². The molecule has 7 nitrogen and oxygen atoms in total. The van der Waals surface area contributed by atoms with Crippen LogP contribution < -0.4 is 5.32 Å². The Morgan fingerprint density at radius 3 is 2.95 bits per heavy atom. The molecule has 3 heterocycles. The van der Waals surface area contributed by atoms with E-state index in [1.807, 2.05) is 22.9 Å². The highest BCUT2D eigenvalue weighted by Gasteiger charge is 2.29. The third-order valence-corrected chi connectivity index (χ3v) is 3.85. The molecule has 2 aromatic rings. The molecule has 1 N–H and O–H groups in total. The van der Waals surface area contributed by atoms with Crippen LogP contribution in [0, 0.1) is 0 Å². The Kier molecular flexibility index (Phi) is 3.25. The zero-order valence-corrected chi connectivity index (χ0v) is 12.0. The number of nitrogens with one attached hydrogen (secondary N) is 1. The molecule has 1 atom stereocenters. The summed E-state index contributed by atoms with van der Waals surface area (Å²) in [5.41, 5.74) is 0.684. The van der Waals surface area contributed by atoms with Crippen molar-refractivity contribution in [1.29, 1.82) is 0 Å². The van der Waals surface area contributed by atoms with E-state index >= 15 is 0 Å². The molecule has 0 fully saturated rings. The van der Waals surface area contributed by atoms with E-state index in [0.29, 0.717) is 24.6 Å². The molecular weight excluding hydrogens is 270 g/mol. The number of aromatic nitrogens is 3. The number of hydrogen-bond donors (Lipinski definition) is 1. The molecule has 0 radical (unpaired) electrons. The molecule has 0 aliphatic carbocycles. The summed E-state index contributed by atoms with van der Waals surface area (Å²) in [7, 11) is 3.53. The van der Waals surface area contributed by atoms with Gasteiger partial charge >= 0.3 is 0 Å². The summed E-state index contributed by atoms with van der Waals surface area (Å²) in [4.78, 5) is 29.9. The molecule has 1 unspecified atom stereocenters. The first-order chi connectivity index (χ1) is 10.1. The van der Waals surface area contributed by atoms with E-state index in [1.165, 1.54) is 0 Å². The summed E-state index contributed by atoms with van der Waals surface area (Å²) >= 11 is 0. The van der Waals surface area contributed by atoms with Crippen LogP contribution in [-0.2, 0) is 13.6 Å². The lowest BCUT2D eigenvalue weighted by Gasteiger charge is -2.33. The molecule has 1 aliphatic rings. The van der Waals surface area contributed by atoms with E-state index in [9.17, 15) is 9.59 Å². The van der Waals surface area contributed by atoms with Gasteiger partial charge in [-0.05, 0) is 12.1 Å². The molecule has 0 spiro atoms. The number of imidazole rings is 1. The van der Waals surface area contributed by atoms with Crippen molar-refractivity contribution in [2.75, 3.05) is 13.6 Å². The molecule has 2 amide bonds. The summed E-state index contributed by atoms with van der Waals surface area (Å²) in [6.07, 6.45) is 5.18. The first kappa shape index (κ1) is 13.4. The zero-order chi connectivity index (χ0) is 15.0. The highest BCUT2D eigenvalue weighted by Crippen LogP contribution is 2.16. The standard InChI is InChI=1S/C14H17N5O2/c1-17-7-5-15-12(17)13(20)16-8-10-9-19-6-3-4-11(19)14(21)18(10)2/h3-7,10H,8-9H2,1-2H3,(H,16,20). The van der Waals surface area contributed by atoms with E-state index in [2.05, 4.69) is 10.3 Å². The van der Waals surface area contributed by atoms with Gasteiger partial charge in [-0.2, -0.15) is 0 Å². The van der Waals surface area contributed by atoms with Gasteiger partial charge < -0.3 is 19.4 Å². The SMILES string of the molecule is CN1C(=O)c2cccn2CC1CNC(=O)c1nccn1C. The Hall–Kier alpha value is -2.57. The molecule has 0 saturated carbocycles. The van der Waals surface area contributed by atoms with Crippen LogP contribution in [0.15, 0.2) is 30.7 Å². The highest BCUT2D eigenvalue weighted by molar-refractivity contribution is 5.94. The van der Waals surface area contributed by atoms with Gasteiger partial charge in [-0.25, -0.2) is 4.98 Å². The lowest BCUT2D eigenvalue weighted by Crippen LogP contribution is -2.51. The quantitative estimate of drug-likeness (QED) is 0.870. The molecule has 21 heavy (non-hydrogen) atoms. The van der Waals surface area contributed by atoms with Gasteiger partial charge in [-0.15, -0.1) is 0 Å². The van der Waals surface area contributed by atoms with Gasteiger partial charge in [-0.3, -0.25) is 9.59 Å². The maximum absolute atomic E-state index is 12.2. The van der Waals surface area contributed by atoms with Crippen molar-refractivity contribution >= 4 is 11.8 Å². The summed E-state index contributed by atoms with van der Waals surface area (Å²) in [6.45, 7) is 1.07. The first-order valence-electron chi connectivity index (χ1n) is 6.75. The number of hydrogen-bond acceptors (Lipinski definition) is 3. The minimum Gasteiger partial charge on any atom is -0.347 e. The Morgan fingerprint density at radius 1 is 1.43 bits per heavy atom. The van der Waals surface area contributed by atoms with Crippen LogP contribution in [0.5, 0.6) is 0 Å². The van der Waals surface area contributed by atoms with Crippen LogP contribution in [-0.4, -0.2) is 50.5 Å². The molecule has 2 aromatic heterocycles. The number of carbonyl (C=O) groups excluding carboxylic acids is 2. The minimum atomic E-state index is -0.235. The minimum absolute atomic E-state index is 0.0255. The Balaban J connectivity index is 1.68. The second-order valence-electron chi connectivity index (χ2n) is 5.19. The fourth-order valence-electron chi connectivity index (χ4n) is 2.54. The maximum Gasteiger partial charge on any atom is 0.287 e. The highest BCUT2D eigenvalue weighted by atomic mass is 16.2. The van der Waals surface area contributed by atoms with Crippen molar-refractivity contribution in [3.63, 3.8) is 0 Å². The molecule has 0 bridgehead atoms. The van der Waals surface area contributed by atoms with Crippen molar-refractivity contribution in [2.45, 2.75) is 12.6 Å². The third kappa shape index (κ3) is 2.31. The lowest BCUT2D eigenvalue weighted by atomic mass is 10.1. The number of aryl methyl sites for hydroxylation is 1. The van der Waals surface area contributed by atoms with Gasteiger partial charge in [0, 0.05) is 45.8 Å². The Labute approximate surface area is 122 Å². The fraction of sp³-hybridized carbons (Fsp3) is 0.357.